The second-order valence-electron chi connectivity index (χ2n) is 4.29. The zero-order valence-electron chi connectivity index (χ0n) is 10.3. The minimum atomic E-state index is -3.74. The first kappa shape index (κ1) is 12.8. The molecule has 0 spiro atoms. The average Bonchev–Trinajstić information content (AvgIpc) is 2.60. The fourth-order valence-corrected chi connectivity index (χ4v) is 2.32. The molecule has 2 N–H and O–H groups in total. The molecule has 0 amide bonds. The van der Waals surface area contributed by atoms with E-state index in [1.54, 1.807) is 11.5 Å². The Labute approximate surface area is 106 Å². The lowest BCUT2D eigenvalue weighted by Gasteiger charge is -2.05. The summed E-state index contributed by atoms with van der Waals surface area (Å²) in [6, 6.07) is 8.02. The normalized spacial score (nSPS) is 11.7. The maximum absolute atomic E-state index is 11.2. The second kappa shape index (κ2) is 4.55. The molecular formula is C12H15N3O2S. The number of imidazole rings is 1. The molecule has 0 saturated carbocycles. The van der Waals surface area contributed by atoms with Crippen LogP contribution in [0.2, 0.25) is 0 Å². The molecule has 0 aliphatic carbocycles. The molecular weight excluding hydrogens is 250 g/mol. The van der Waals surface area contributed by atoms with Gasteiger partial charge in [0.25, 0.3) is 10.0 Å². The van der Waals surface area contributed by atoms with Gasteiger partial charge in [0, 0.05) is 12.7 Å². The highest BCUT2D eigenvalue weighted by Gasteiger charge is 2.14. The number of aryl methyl sites for hydroxylation is 2. The molecule has 18 heavy (non-hydrogen) atoms. The minimum absolute atomic E-state index is 0.0901. The van der Waals surface area contributed by atoms with E-state index in [1.807, 2.05) is 25.1 Å². The van der Waals surface area contributed by atoms with Crippen LogP contribution in [-0.2, 0) is 16.6 Å². The summed E-state index contributed by atoms with van der Waals surface area (Å²) in [5, 5.41) is 4.96. The highest BCUT2D eigenvalue weighted by molar-refractivity contribution is 7.89. The molecule has 5 nitrogen and oxygen atoms in total. The van der Waals surface area contributed by atoms with Crippen molar-refractivity contribution in [3.8, 4) is 0 Å². The summed E-state index contributed by atoms with van der Waals surface area (Å²) in [6.45, 7) is 4.35. The molecule has 0 aliphatic heterocycles. The predicted octanol–water partition coefficient (Wildman–Crippen LogP) is 1.20. The first-order chi connectivity index (χ1) is 8.36. The van der Waals surface area contributed by atoms with Gasteiger partial charge in [0.2, 0.25) is 0 Å². The van der Waals surface area contributed by atoms with E-state index in [2.05, 4.69) is 11.1 Å². The number of nitrogens with zero attached hydrogens (tertiary/aromatic N) is 2. The Morgan fingerprint density at radius 1 is 1.33 bits per heavy atom. The van der Waals surface area contributed by atoms with Crippen molar-refractivity contribution in [3.05, 3.63) is 47.4 Å². The third-order valence-corrected chi connectivity index (χ3v) is 3.46. The Kier molecular flexibility index (Phi) is 3.23. The molecule has 0 saturated heterocycles. The van der Waals surface area contributed by atoms with E-state index in [1.165, 1.54) is 6.20 Å². The van der Waals surface area contributed by atoms with Crippen LogP contribution >= 0.6 is 0 Å². The minimum Gasteiger partial charge on any atom is -0.329 e. The van der Waals surface area contributed by atoms with Crippen LogP contribution in [0.4, 0.5) is 0 Å². The Balaban J connectivity index is 2.33. The van der Waals surface area contributed by atoms with Gasteiger partial charge in [0.1, 0.15) is 5.82 Å². The largest absolute Gasteiger partial charge is 0.329 e. The first-order valence-corrected chi connectivity index (χ1v) is 7.03. The van der Waals surface area contributed by atoms with E-state index in [4.69, 9.17) is 5.14 Å². The van der Waals surface area contributed by atoms with Crippen molar-refractivity contribution in [1.29, 1.82) is 0 Å². The van der Waals surface area contributed by atoms with Crippen LogP contribution in [-0.4, -0.2) is 18.0 Å². The highest BCUT2D eigenvalue weighted by Crippen LogP contribution is 2.11. The summed E-state index contributed by atoms with van der Waals surface area (Å²) >= 11 is 0. The maximum atomic E-state index is 11.2. The number of rotatable bonds is 3. The van der Waals surface area contributed by atoms with Crippen molar-refractivity contribution in [2.75, 3.05) is 0 Å². The topological polar surface area (TPSA) is 78.0 Å². The number of hydrogen-bond acceptors (Lipinski definition) is 3. The summed E-state index contributed by atoms with van der Waals surface area (Å²) in [4.78, 5) is 3.95. The van der Waals surface area contributed by atoms with Crippen molar-refractivity contribution in [1.82, 2.24) is 9.55 Å². The van der Waals surface area contributed by atoms with Crippen molar-refractivity contribution >= 4 is 10.0 Å². The van der Waals surface area contributed by atoms with E-state index >= 15 is 0 Å². The molecule has 96 valence electrons. The molecule has 1 heterocycles. The van der Waals surface area contributed by atoms with Gasteiger partial charge in [-0.25, -0.2) is 18.5 Å². The zero-order chi connectivity index (χ0) is 13.3. The van der Waals surface area contributed by atoms with Gasteiger partial charge in [-0.1, -0.05) is 29.8 Å². The van der Waals surface area contributed by atoms with Gasteiger partial charge in [0.15, 0.2) is 5.03 Å². The van der Waals surface area contributed by atoms with E-state index in [9.17, 15) is 8.42 Å². The summed E-state index contributed by atoms with van der Waals surface area (Å²) in [5.41, 5.74) is 2.26. The maximum Gasteiger partial charge on any atom is 0.257 e. The van der Waals surface area contributed by atoms with E-state index in [0.717, 1.165) is 11.1 Å². The van der Waals surface area contributed by atoms with Crippen molar-refractivity contribution < 1.29 is 8.42 Å². The van der Waals surface area contributed by atoms with Crippen molar-refractivity contribution in [2.24, 2.45) is 5.14 Å². The van der Waals surface area contributed by atoms with Gasteiger partial charge >= 0.3 is 0 Å². The van der Waals surface area contributed by atoms with Crippen molar-refractivity contribution in [2.45, 2.75) is 25.4 Å². The summed E-state index contributed by atoms with van der Waals surface area (Å²) < 4.78 is 24.2. The molecule has 2 rings (SSSR count). The molecule has 0 bridgehead atoms. The van der Waals surface area contributed by atoms with Crippen LogP contribution < -0.4 is 5.14 Å². The van der Waals surface area contributed by atoms with Crippen molar-refractivity contribution in [3.63, 3.8) is 0 Å². The number of sulfonamides is 1. The van der Waals surface area contributed by atoms with Gasteiger partial charge in [0.05, 0.1) is 0 Å². The Hall–Kier alpha value is -1.66. The number of primary sulfonamides is 1. The van der Waals surface area contributed by atoms with Gasteiger partial charge in [-0.3, -0.25) is 0 Å². The third-order valence-electron chi connectivity index (χ3n) is 2.68. The molecule has 1 aromatic heterocycles. The molecule has 0 fully saturated rings. The molecule has 0 radical (unpaired) electrons. The number of benzene rings is 1. The first-order valence-electron chi connectivity index (χ1n) is 5.48. The number of aromatic nitrogens is 2. The van der Waals surface area contributed by atoms with E-state index < -0.39 is 10.0 Å². The quantitative estimate of drug-likeness (QED) is 0.905. The van der Waals surface area contributed by atoms with Gasteiger partial charge in [-0.2, -0.15) is 0 Å². The lowest BCUT2D eigenvalue weighted by molar-refractivity contribution is 0.594. The summed E-state index contributed by atoms with van der Waals surface area (Å²) in [5.74, 6) is 0.625. The van der Waals surface area contributed by atoms with Gasteiger partial charge < -0.3 is 4.57 Å². The Bertz CT molecular complexity index is 674. The molecule has 0 aliphatic rings. The molecule has 0 unspecified atom stereocenters. The van der Waals surface area contributed by atoms with Crippen LogP contribution in [0, 0.1) is 13.8 Å². The predicted molar refractivity (Wildman–Crippen MR) is 68.6 cm³/mol. The monoisotopic (exact) mass is 265 g/mol. The Morgan fingerprint density at radius 3 is 2.61 bits per heavy atom. The lowest BCUT2D eigenvalue weighted by atomic mass is 10.1. The molecule has 1 aromatic carbocycles. The SMILES string of the molecule is Cc1cccc(Cn2cc(S(N)(=O)=O)nc2C)c1. The Morgan fingerprint density at radius 2 is 2.06 bits per heavy atom. The van der Waals surface area contributed by atoms with Gasteiger partial charge in [-0.05, 0) is 19.4 Å². The summed E-state index contributed by atoms with van der Waals surface area (Å²) in [7, 11) is -3.74. The fraction of sp³-hybridized carbons (Fsp3) is 0.250. The summed E-state index contributed by atoms with van der Waals surface area (Å²) in [6.07, 6.45) is 1.47. The fourth-order valence-electron chi connectivity index (χ4n) is 1.78. The number of hydrogen-bond donors (Lipinski definition) is 1. The van der Waals surface area contributed by atoms with Crippen LogP contribution in [0.3, 0.4) is 0 Å². The third kappa shape index (κ3) is 2.77. The zero-order valence-corrected chi connectivity index (χ0v) is 11.1. The smallest absolute Gasteiger partial charge is 0.257 e. The van der Waals surface area contributed by atoms with E-state index in [-0.39, 0.29) is 5.03 Å². The van der Waals surface area contributed by atoms with Crippen LogP contribution in [0.5, 0.6) is 0 Å². The van der Waals surface area contributed by atoms with Crippen LogP contribution in [0.25, 0.3) is 0 Å². The van der Waals surface area contributed by atoms with Gasteiger partial charge in [-0.15, -0.1) is 0 Å². The van der Waals surface area contributed by atoms with E-state index in [0.29, 0.717) is 12.4 Å². The number of nitrogens with two attached hydrogens (primary N) is 1. The average molecular weight is 265 g/mol. The molecule has 6 heteroatoms. The second-order valence-corrected chi connectivity index (χ2v) is 5.80. The van der Waals surface area contributed by atoms with Crippen LogP contribution in [0.15, 0.2) is 35.5 Å². The molecule has 0 atom stereocenters. The lowest BCUT2D eigenvalue weighted by Crippen LogP contribution is -2.12. The van der Waals surface area contributed by atoms with Crippen LogP contribution in [0.1, 0.15) is 17.0 Å². The standard InChI is InChI=1S/C12H15N3O2S/c1-9-4-3-5-11(6-9)7-15-8-12(14-10(15)2)18(13,16)17/h3-6,8H,7H2,1-2H3,(H2,13,16,17). The highest BCUT2D eigenvalue weighted by atomic mass is 32.2. The molecule has 2 aromatic rings.